The van der Waals surface area contributed by atoms with Crippen molar-refractivity contribution in [2.24, 2.45) is 0 Å². The van der Waals surface area contributed by atoms with E-state index in [0.29, 0.717) is 23.1 Å². The van der Waals surface area contributed by atoms with Crippen molar-refractivity contribution in [3.8, 4) is 34.2 Å². The maximum Gasteiger partial charge on any atom is 0.166 e. The van der Waals surface area contributed by atoms with Gasteiger partial charge in [0.15, 0.2) is 23.1 Å². The van der Waals surface area contributed by atoms with E-state index in [1.165, 1.54) is 20.2 Å². The molecule has 0 atom stereocenters. The van der Waals surface area contributed by atoms with Crippen molar-refractivity contribution >= 4 is 53.4 Å². The number of fused-ring (bicyclic) bond motifs is 6. The van der Waals surface area contributed by atoms with Crippen LogP contribution in [0.1, 0.15) is 0 Å². The fourth-order valence-corrected chi connectivity index (χ4v) is 6.20. The van der Waals surface area contributed by atoms with Gasteiger partial charge in [0.2, 0.25) is 0 Å². The largest absolute Gasteiger partial charge is 0.454 e. The van der Waals surface area contributed by atoms with Crippen molar-refractivity contribution < 1.29 is 4.42 Å². The molecule has 6 heteroatoms. The van der Waals surface area contributed by atoms with Gasteiger partial charge in [-0.05, 0) is 18.2 Å². The molecule has 0 aliphatic heterocycles. The molecule has 0 aliphatic carbocycles. The maximum atomic E-state index is 6.09. The minimum absolute atomic E-state index is 0.565. The summed E-state index contributed by atoms with van der Waals surface area (Å²) in [6.07, 6.45) is 3.56. The lowest BCUT2D eigenvalue weighted by atomic mass is 10.1. The number of hydrogen-bond donors (Lipinski definition) is 0. The van der Waals surface area contributed by atoms with Gasteiger partial charge in [-0.15, -0.1) is 11.3 Å². The molecule has 38 heavy (non-hydrogen) atoms. The zero-order valence-corrected chi connectivity index (χ0v) is 20.8. The van der Waals surface area contributed by atoms with E-state index < -0.39 is 0 Å². The topological polar surface area (TPSA) is 64.7 Å². The van der Waals surface area contributed by atoms with Crippen LogP contribution in [0.3, 0.4) is 0 Å². The number of pyridine rings is 1. The Balaban J connectivity index is 1.39. The molecule has 0 fully saturated rings. The molecule has 0 bridgehead atoms. The minimum Gasteiger partial charge on any atom is -0.454 e. The number of thiophene rings is 1. The molecule has 4 aromatic carbocycles. The summed E-state index contributed by atoms with van der Waals surface area (Å²) in [4.78, 5) is 19.3. The Morgan fingerprint density at radius 3 is 2.13 bits per heavy atom. The van der Waals surface area contributed by atoms with Gasteiger partial charge >= 0.3 is 0 Å². The third-order valence-corrected chi connectivity index (χ3v) is 7.97. The highest BCUT2D eigenvalue weighted by Gasteiger charge is 2.18. The van der Waals surface area contributed by atoms with Crippen molar-refractivity contribution in [3.63, 3.8) is 0 Å². The Morgan fingerprint density at radius 2 is 1.24 bits per heavy atom. The van der Waals surface area contributed by atoms with E-state index in [4.69, 9.17) is 19.4 Å². The normalized spacial score (nSPS) is 11.7. The Hall–Kier alpha value is -4.94. The zero-order chi connectivity index (χ0) is 25.1. The first-order valence-electron chi connectivity index (χ1n) is 12.3. The van der Waals surface area contributed by atoms with Crippen LogP contribution < -0.4 is 0 Å². The molecule has 178 valence electrons. The monoisotopic (exact) mass is 506 g/mol. The van der Waals surface area contributed by atoms with Gasteiger partial charge in [-0.1, -0.05) is 78.9 Å². The zero-order valence-electron chi connectivity index (χ0n) is 20.0. The first kappa shape index (κ1) is 21.2. The molecule has 0 unspecified atom stereocenters. The third-order valence-electron chi connectivity index (χ3n) is 6.83. The SMILES string of the molecule is c1ccc(-c2nc(-c3ccc4c(c3)sc3ccccc34)nc(-c3cncc4oc5ccccc5c34)n2)cc1. The maximum absolute atomic E-state index is 6.09. The van der Waals surface area contributed by atoms with Crippen molar-refractivity contribution in [1.29, 1.82) is 0 Å². The van der Waals surface area contributed by atoms with Crippen LogP contribution in [-0.4, -0.2) is 19.9 Å². The van der Waals surface area contributed by atoms with Crippen LogP contribution >= 0.6 is 11.3 Å². The van der Waals surface area contributed by atoms with Crippen LogP contribution in [0.2, 0.25) is 0 Å². The van der Waals surface area contributed by atoms with Gasteiger partial charge in [0, 0.05) is 53.8 Å². The quantitative estimate of drug-likeness (QED) is 0.240. The smallest absolute Gasteiger partial charge is 0.166 e. The Morgan fingerprint density at radius 1 is 0.526 bits per heavy atom. The Kier molecular flexibility index (Phi) is 4.62. The second kappa shape index (κ2) is 8.30. The van der Waals surface area contributed by atoms with Crippen molar-refractivity contribution in [2.75, 3.05) is 0 Å². The Labute approximate surface area is 221 Å². The fraction of sp³-hybridized carbons (Fsp3) is 0. The van der Waals surface area contributed by atoms with Crippen LogP contribution in [0.5, 0.6) is 0 Å². The predicted molar refractivity (Wildman–Crippen MR) is 154 cm³/mol. The minimum atomic E-state index is 0.565. The molecular formula is C32H18N4OS. The number of furan rings is 1. The number of benzene rings is 4. The van der Waals surface area contributed by atoms with Gasteiger partial charge < -0.3 is 4.42 Å². The van der Waals surface area contributed by atoms with E-state index in [-0.39, 0.29) is 0 Å². The van der Waals surface area contributed by atoms with Crippen molar-refractivity contribution in [3.05, 3.63) is 109 Å². The summed E-state index contributed by atoms with van der Waals surface area (Å²) in [5, 5.41) is 4.47. The summed E-state index contributed by atoms with van der Waals surface area (Å²) in [5.74, 6) is 1.81. The van der Waals surface area contributed by atoms with Crippen LogP contribution in [0, 0.1) is 0 Å². The number of rotatable bonds is 3. The molecule has 0 radical (unpaired) electrons. The standard InChI is InChI=1S/C32H18N4OS/c1-2-8-19(9-3-1)30-34-31(20-14-15-22-21-10-5-7-13-27(21)38-28(22)16-20)36-32(35-30)24-17-33-18-26-29(24)23-11-4-6-12-25(23)37-26/h1-18H. The van der Waals surface area contributed by atoms with Crippen molar-refractivity contribution in [2.45, 2.75) is 0 Å². The molecule has 0 spiro atoms. The number of nitrogens with zero attached hydrogens (tertiary/aromatic N) is 4. The van der Waals surface area contributed by atoms with Gasteiger partial charge in [-0.3, -0.25) is 4.98 Å². The van der Waals surface area contributed by atoms with E-state index in [1.807, 2.05) is 54.7 Å². The molecule has 0 aliphatic rings. The van der Waals surface area contributed by atoms with Crippen molar-refractivity contribution in [1.82, 2.24) is 19.9 Å². The van der Waals surface area contributed by atoms with E-state index in [9.17, 15) is 0 Å². The molecule has 8 rings (SSSR count). The van der Waals surface area contributed by atoms with Gasteiger partial charge in [0.25, 0.3) is 0 Å². The molecule has 0 amide bonds. The lowest BCUT2D eigenvalue weighted by Gasteiger charge is -2.09. The highest BCUT2D eigenvalue weighted by atomic mass is 32.1. The summed E-state index contributed by atoms with van der Waals surface area (Å²) < 4.78 is 8.56. The van der Waals surface area contributed by atoms with Crippen LogP contribution in [0.4, 0.5) is 0 Å². The second-order valence-corrected chi connectivity index (χ2v) is 10.2. The lowest BCUT2D eigenvalue weighted by Crippen LogP contribution is -2.00. The lowest BCUT2D eigenvalue weighted by molar-refractivity contribution is 0.667. The third kappa shape index (κ3) is 3.31. The summed E-state index contributed by atoms with van der Waals surface area (Å²) in [5.41, 5.74) is 4.21. The predicted octanol–water partition coefficient (Wildman–Crippen LogP) is 8.53. The second-order valence-electron chi connectivity index (χ2n) is 9.14. The Bertz CT molecular complexity index is 2150. The number of aromatic nitrogens is 4. The average Bonchev–Trinajstić information content (AvgIpc) is 3.55. The van der Waals surface area contributed by atoms with Gasteiger partial charge in [0.1, 0.15) is 5.58 Å². The molecule has 8 aromatic rings. The summed E-state index contributed by atoms with van der Waals surface area (Å²) in [6.45, 7) is 0. The van der Waals surface area contributed by atoms with Gasteiger partial charge in [-0.2, -0.15) is 0 Å². The van der Waals surface area contributed by atoms with E-state index in [1.54, 1.807) is 17.5 Å². The molecule has 0 saturated carbocycles. The molecule has 0 saturated heterocycles. The molecule has 4 aromatic heterocycles. The molecule has 5 nitrogen and oxygen atoms in total. The highest BCUT2D eigenvalue weighted by molar-refractivity contribution is 7.25. The number of hydrogen-bond acceptors (Lipinski definition) is 6. The summed E-state index contributed by atoms with van der Waals surface area (Å²) >= 11 is 1.78. The van der Waals surface area contributed by atoms with E-state index in [2.05, 4.69) is 53.5 Å². The van der Waals surface area contributed by atoms with E-state index >= 15 is 0 Å². The highest BCUT2D eigenvalue weighted by Crippen LogP contribution is 2.38. The molecular weight excluding hydrogens is 488 g/mol. The first-order chi connectivity index (χ1) is 18.8. The van der Waals surface area contributed by atoms with Crippen LogP contribution in [0.15, 0.2) is 114 Å². The molecule has 0 N–H and O–H groups in total. The average molecular weight is 507 g/mol. The summed E-state index contributed by atoms with van der Waals surface area (Å²) in [6, 6.07) is 33.0. The summed E-state index contributed by atoms with van der Waals surface area (Å²) in [7, 11) is 0. The van der Waals surface area contributed by atoms with Crippen LogP contribution in [0.25, 0.3) is 76.3 Å². The number of para-hydroxylation sites is 1. The van der Waals surface area contributed by atoms with Crippen LogP contribution in [-0.2, 0) is 0 Å². The molecule has 4 heterocycles. The fourth-order valence-electron chi connectivity index (χ4n) is 5.05. The van der Waals surface area contributed by atoms with E-state index in [0.717, 1.165) is 33.0 Å². The van der Waals surface area contributed by atoms with Gasteiger partial charge in [-0.25, -0.2) is 15.0 Å². The van der Waals surface area contributed by atoms with Gasteiger partial charge in [0.05, 0.1) is 6.20 Å². The first-order valence-corrected chi connectivity index (χ1v) is 13.1.